The zero-order valence-corrected chi connectivity index (χ0v) is 15.9. The summed E-state index contributed by atoms with van der Waals surface area (Å²) in [5, 5.41) is 3.14. The molecule has 0 aromatic heterocycles. The molecule has 0 aliphatic rings. The third-order valence-corrected chi connectivity index (χ3v) is 4.37. The van der Waals surface area contributed by atoms with Crippen molar-refractivity contribution in [2.24, 2.45) is 0 Å². The van der Waals surface area contributed by atoms with Gasteiger partial charge < -0.3 is 10.1 Å². The van der Waals surface area contributed by atoms with Crippen LogP contribution in [0.15, 0.2) is 48.5 Å². The Labute approximate surface area is 151 Å². The molecule has 0 bridgehead atoms. The second-order valence-corrected chi connectivity index (χ2v) is 7.30. The molecular weight excluding hydrogens is 310 g/mol. The minimum absolute atomic E-state index is 0.0679. The van der Waals surface area contributed by atoms with Crippen molar-refractivity contribution in [1.29, 1.82) is 0 Å². The lowest BCUT2D eigenvalue weighted by Crippen LogP contribution is -2.50. The van der Waals surface area contributed by atoms with Crippen molar-refractivity contribution < 1.29 is 9.53 Å². The van der Waals surface area contributed by atoms with E-state index in [1.165, 1.54) is 11.1 Å². The van der Waals surface area contributed by atoms with E-state index in [0.717, 1.165) is 17.7 Å². The molecule has 0 aliphatic heterocycles. The third-order valence-electron chi connectivity index (χ3n) is 4.37. The van der Waals surface area contributed by atoms with Crippen LogP contribution in [0, 0.1) is 13.8 Å². The fraction of sp³-hybridized carbons (Fsp3) is 0.409. The number of hydrogen-bond acceptors (Lipinski definition) is 2. The summed E-state index contributed by atoms with van der Waals surface area (Å²) in [6.45, 7) is 10.2. The van der Waals surface area contributed by atoms with Gasteiger partial charge in [-0.2, -0.15) is 0 Å². The Balaban J connectivity index is 2.02. The van der Waals surface area contributed by atoms with Crippen molar-refractivity contribution in [2.75, 3.05) is 0 Å². The summed E-state index contributed by atoms with van der Waals surface area (Å²) in [4.78, 5) is 12.7. The molecule has 2 aromatic rings. The van der Waals surface area contributed by atoms with Crippen molar-refractivity contribution in [3.05, 3.63) is 65.2 Å². The molecule has 134 valence electrons. The number of ether oxygens (including phenoxy) is 1. The molecule has 1 atom stereocenters. The summed E-state index contributed by atoms with van der Waals surface area (Å²) >= 11 is 0. The summed E-state index contributed by atoms with van der Waals surface area (Å²) in [5.41, 5.74) is 3.25. The number of carbonyl (C=O) groups excluding carboxylic acids is 1. The Morgan fingerprint density at radius 2 is 1.76 bits per heavy atom. The van der Waals surface area contributed by atoms with Crippen LogP contribution in [-0.4, -0.2) is 17.6 Å². The molecule has 0 saturated carbocycles. The highest BCUT2D eigenvalue weighted by Crippen LogP contribution is 2.19. The van der Waals surface area contributed by atoms with Crippen LogP contribution in [0.3, 0.4) is 0 Å². The maximum absolute atomic E-state index is 12.7. The van der Waals surface area contributed by atoms with Gasteiger partial charge in [0.2, 0.25) is 0 Å². The lowest BCUT2D eigenvalue weighted by molar-refractivity contribution is -0.129. The molecule has 3 nitrogen and oxygen atoms in total. The lowest BCUT2D eigenvalue weighted by Gasteiger charge is -2.29. The van der Waals surface area contributed by atoms with Crippen LogP contribution in [0.4, 0.5) is 0 Å². The van der Waals surface area contributed by atoms with Crippen molar-refractivity contribution in [2.45, 2.75) is 59.1 Å². The highest BCUT2D eigenvalue weighted by Gasteiger charge is 2.26. The van der Waals surface area contributed by atoms with Crippen LogP contribution in [0.5, 0.6) is 5.75 Å². The number of rotatable bonds is 7. The smallest absolute Gasteiger partial charge is 0.261 e. The van der Waals surface area contributed by atoms with E-state index in [1.54, 1.807) is 0 Å². The normalized spacial score (nSPS) is 12.5. The molecule has 2 aromatic carbocycles. The molecule has 0 unspecified atom stereocenters. The van der Waals surface area contributed by atoms with Crippen LogP contribution in [0.2, 0.25) is 0 Å². The summed E-state index contributed by atoms with van der Waals surface area (Å²) < 4.78 is 5.95. The van der Waals surface area contributed by atoms with Gasteiger partial charge in [-0.15, -0.1) is 0 Å². The Kier molecular flexibility index (Phi) is 6.24. The number of nitrogens with one attached hydrogen (secondary N) is 1. The van der Waals surface area contributed by atoms with Gasteiger partial charge >= 0.3 is 0 Å². The minimum atomic E-state index is -0.489. The van der Waals surface area contributed by atoms with E-state index < -0.39 is 6.10 Å². The van der Waals surface area contributed by atoms with Crippen molar-refractivity contribution in [1.82, 2.24) is 5.32 Å². The van der Waals surface area contributed by atoms with Gasteiger partial charge in [-0.1, -0.05) is 43.3 Å². The van der Waals surface area contributed by atoms with E-state index in [1.807, 2.05) is 64.1 Å². The first-order valence-corrected chi connectivity index (χ1v) is 8.90. The van der Waals surface area contributed by atoms with E-state index in [4.69, 9.17) is 4.74 Å². The molecule has 1 N–H and O–H groups in total. The van der Waals surface area contributed by atoms with Crippen LogP contribution < -0.4 is 10.1 Å². The first-order chi connectivity index (χ1) is 11.8. The average molecular weight is 339 g/mol. The van der Waals surface area contributed by atoms with Gasteiger partial charge in [-0.05, 0) is 69.4 Å². The Morgan fingerprint density at radius 3 is 2.36 bits per heavy atom. The van der Waals surface area contributed by atoms with Crippen LogP contribution in [-0.2, 0) is 11.2 Å². The Hall–Kier alpha value is -2.29. The Bertz CT molecular complexity index is 707. The molecule has 0 fully saturated rings. The molecule has 25 heavy (non-hydrogen) atoms. The van der Waals surface area contributed by atoms with Crippen LogP contribution in [0.25, 0.3) is 0 Å². The van der Waals surface area contributed by atoms with Gasteiger partial charge in [0.05, 0.1) is 0 Å². The van der Waals surface area contributed by atoms with Crippen molar-refractivity contribution >= 4 is 5.91 Å². The predicted octanol–water partition coefficient (Wildman–Crippen LogP) is 4.60. The standard InChI is InChI=1S/C22H29NO2/c1-6-20(25-19-13-12-16(2)17(3)14-19)21(24)23-22(4,5)15-18-10-8-7-9-11-18/h7-14,20H,6,15H2,1-5H3,(H,23,24)/t20-/m0/s1. The first kappa shape index (κ1) is 19.0. The maximum Gasteiger partial charge on any atom is 0.261 e. The molecule has 1 amide bonds. The molecule has 0 heterocycles. The number of hydrogen-bond donors (Lipinski definition) is 1. The molecule has 2 rings (SSSR count). The first-order valence-electron chi connectivity index (χ1n) is 8.90. The van der Waals surface area contributed by atoms with E-state index in [0.29, 0.717) is 6.42 Å². The van der Waals surface area contributed by atoms with Gasteiger partial charge in [-0.3, -0.25) is 4.79 Å². The van der Waals surface area contributed by atoms with E-state index in [2.05, 4.69) is 24.4 Å². The highest BCUT2D eigenvalue weighted by molar-refractivity contribution is 5.81. The Morgan fingerprint density at radius 1 is 1.08 bits per heavy atom. The largest absolute Gasteiger partial charge is 0.481 e. The summed E-state index contributed by atoms with van der Waals surface area (Å²) in [5.74, 6) is 0.674. The third kappa shape index (κ3) is 5.63. The molecule has 0 aliphatic carbocycles. The average Bonchev–Trinajstić information content (AvgIpc) is 2.55. The summed E-state index contributed by atoms with van der Waals surface area (Å²) in [7, 11) is 0. The number of carbonyl (C=O) groups is 1. The van der Waals surface area contributed by atoms with Gasteiger partial charge in [0.25, 0.3) is 5.91 Å². The van der Waals surface area contributed by atoms with Gasteiger partial charge in [0.1, 0.15) is 5.75 Å². The lowest BCUT2D eigenvalue weighted by atomic mass is 9.94. The minimum Gasteiger partial charge on any atom is -0.481 e. The monoisotopic (exact) mass is 339 g/mol. The predicted molar refractivity (Wildman–Crippen MR) is 103 cm³/mol. The van der Waals surface area contributed by atoms with E-state index in [-0.39, 0.29) is 11.4 Å². The van der Waals surface area contributed by atoms with E-state index in [9.17, 15) is 4.79 Å². The SMILES string of the molecule is CC[C@H](Oc1ccc(C)c(C)c1)C(=O)NC(C)(C)Cc1ccccc1. The van der Waals surface area contributed by atoms with Crippen molar-refractivity contribution in [3.8, 4) is 5.75 Å². The molecule has 0 saturated heterocycles. The summed E-state index contributed by atoms with van der Waals surface area (Å²) in [6.07, 6.45) is 0.914. The highest BCUT2D eigenvalue weighted by atomic mass is 16.5. The second-order valence-electron chi connectivity index (χ2n) is 7.30. The topological polar surface area (TPSA) is 38.3 Å². The fourth-order valence-corrected chi connectivity index (χ4v) is 2.84. The molecule has 0 spiro atoms. The number of aryl methyl sites for hydroxylation is 2. The molecular formula is C22H29NO2. The summed E-state index contributed by atoms with van der Waals surface area (Å²) in [6, 6.07) is 16.1. The number of benzene rings is 2. The van der Waals surface area contributed by atoms with Crippen LogP contribution >= 0.6 is 0 Å². The fourth-order valence-electron chi connectivity index (χ4n) is 2.84. The zero-order valence-electron chi connectivity index (χ0n) is 15.9. The van der Waals surface area contributed by atoms with Gasteiger partial charge in [0, 0.05) is 5.54 Å². The second kappa shape index (κ2) is 8.19. The zero-order chi connectivity index (χ0) is 18.4. The molecule has 3 heteroatoms. The molecule has 0 radical (unpaired) electrons. The maximum atomic E-state index is 12.7. The van der Waals surface area contributed by atoms with Crippen LogP contribution in [0.1, 0.15) is 43.9 Å². The number of amides is 1. The quantitative estimate of drug-likeness (QED) is 0.801. The van der Waals surface area contributed by atoms with Gasteiger partial charge in [-0.25, -0.2) is 0 Å². The van der Waals surface area contributed by atoms with E-state index >= 15 is 0 Å². The van der Waals surface area contributed by atoms with Crippen molar-refractivity contribution in [3.63, 3.8) is 0 Å². The van der Waals surface area contributed by atoms with Gasteiger partial charge in [0.15, 0.2) is 6.10 Å².